The van der Waals surface area contributed by atoms with Crippen molar-refractivity contribution in [3.63, 3.8) is 0 Å². The van der Waals surface area contributed by atoms with Crippen molar-refractivity contribution >= 4 is 11.8 Å². The summed E-state index contributed by atoms with van der Waals surface area (Å²) in [5.74, 6) is 3.13. The molecule has 0 bridgehead atoms. The van der Waals surface area contributed by atoms with Crippen LogP contribution in [0.2, 0.25) is 0 Å². The van der Waals surface area contributed by atoms with Crippen LogP contribution in [0, 0.1) is 13.8 Å². The topological polar surface area (TPSA) is 35.2 Å². The summed E-state index contributed by atoms with van der Waals surface area (Å²) >= 11 is 1.90. The molecule has 1 atom stereocenters. The summed E-state index contributed by atoms with van der Waals surface area (Å²) in [6.07, 6.45) is 1.07. The Morgan fingerprint density at radius 3 is 2.71 bits per heavy atom. The first-order valence-corrected chi connectivity index (χ1v) is 7.28. The lowest BCUT2D eigenvalue weighted by Gasteiger charge is -2.08. The maximum absolute atomic E-state index is 5.70. The Labute approximate surface area is 109 Å². The van der Waals surface area contributed by atoms with Crippen molar-refractivity contribution in [2.75, 3.05) is 18.1 Å². The molecule has 1 aromatic carbocycles. The molecule has 0 spiro atoms. The minimum absolute atomic E-state index is 0.292. The SMILES string of the molecule is Cc1ccc(OCCCSCC(C)N)cc1C. The van der Waals surface area contributed by atoms with E-state index >= 15 is 0 Å². The van der Waals surface area contributed by atoms with Gasteiger partial charge in [-0.2, -0.15) is 11.8 Å². The van der Waals surface area contributed by atoms with Gasteiger partial charge >= 0.3 is 0 Å². The maximum atomic E-state index is 5.70. The second kappa shape index (κ2) is 7.62. The summed E-state index contributed by atoms with van der Waals surface area (Å²) in [4.78, 5) is 0. The Kier molecular flexibility index (Phi) is 6.45. The van der Waals surface area contributed by atoms with Gasteiger partial charge in [-0.1, -0.05) is 6.07 Å². The van der Waals surface area contributed by atoms with Crippen LogP contribution in [0.1, 0.15) is 24.5 Å². The number of rotatable bonds is 7. The molecule has 2 N–H and O–H groups in total. The Morgan fingerprint density at radius 2 is 2.06 bits per heavy atom. The van der Waals surface area contributed by atoms with Crippen molar-refractivity contribution in [1.82, 2.24) is 0 Å². The molecule has 96 valence electrons. The van der Waals surface area contributed by atoms with E-state index in [4.69, 9.17) is 10.5 Å². The van der Waals surface area contributed by atoms with Crippen LogP contribution in [0.15, 0.2) is 18.2 Å². The lowest BCUT2D eigenvalue weighted by atomic mass is 10.1. The van der Waals surface area contributed by atoms with Crippen molar-refractivity contribution in [3.05, 3.63) is 29.3 Å². The average Bonchev–Trinajstić information content (AvgIpc) is 2.27. The molecule has 0 fully saturated rings. The lowest BCUT2D eigenvalue weighted by Crippen LogP contribution is -2.17. The summed E-state index contributed by atoms with van der Waals surface area (Å²) in [6.45, 7) is 7.05. The highest BCUT2D eigenvalue weighted by molar-refractivity contribution is 7.99. The van der Waals surface area contributed by atoms with Gasteiger partial charge < -0.3 is 10.5 Å². The highest BCUT2D eigenvalue weighted by Crippen LogP contribution is 2.16. The lowest BCUT2D eigenvalue weighted by molar-refractivity contribution is 0.318. The van der Waals surface area contributed by atoms with Crippen LogP contribution >= 0.6 is 11.8 Å². The molecule has 0 amide bonds. The van der Waals surface area contributed by atoms with Gasteiger partial charge in [-0.25, -0.2) is 0 Å². The van der Waals surface area contributed by atoms with E-state index < -0.39 is 0 Å². The molecule has 0 aliphatic rings. The minimum Gasteiger partial charge on any atom is -0.494 e. The molecular weight excluding hydrogens is 230 g/mol. The highest BCUT2D eigenvalue weighted by Gasteiger charge is 1.98. The van der Waals surface area contributed by atoms with Crippen LogP contribution < -0.4 is 10.5 Å². The number of hydrogen-bond acceptors (Lipinski definition) is 3. The van der Waals surface area contributed by atoms with E-state index in [0.717, 1.165) is 30.3 Å². The normalized spacial score (nSPS) is 12.5. The number of benzene rings is 1. The Balaban J connectivity index is 2.16. The summed E-state index contributed by atoms with van der Waals surface area (Å²) in [5.41, 5.74) is 8.27. The second-order valence-electron chi connectivity index (χ2n) is 4.50. The molecule has 0 aliphatic heterocycles. The van der Waals surface area contributed by atoms with Gasteiger partial charge in [0.2, 0.25) is 0 Å². The molecule has 1 aromatic rings. The number of ether oxygens (including phenoxy) is 1. The third-order valence-corrected chi connectivity index (χ3v) is 3.90. The zero-order valence-corrected chi connectivity index (χ0v) is 11.8. The third-order valence-electron chi connectivity index (χ3n) is 2.56. The largest absolute Gasteiger partial charge is 0.494 e. The summed E-state index contributed by atoms with van der Waals surface area (Å²) < 4.78 is 5.70. The second-order valence-corrected chi connectivity index (χ2v) is 5.65. The zero-order chi connectivity index (χ0) is 12.7. The monoisotopic (exact) mass is 253 g/mol. The minimum atomic E-state index is 0.292. The van der Waals surface area contributed by atoms with Crippen LogP contribution in [0.5, 0.6) is 5.75 Å². The molecule has 1 unspecified atom stereocenters. The highest BCUT2D eigenvalue weighted by atomic mass is 32.2. The quantitative estimate of drug-likeness (QED) is 0.758. The molecule has 2 nitrogen and oxygen atoms in total. The predicted molar refractivity (Wildman–Crippen MR) is 77.0 cm³/mol. The summed E-state index contributed by atoms with van der Waals surface area (Å²) in [6, 6.07) is 6.54. The van der Waals surface area contributed by atoms with Crippen molar-refractivity contribution in [2.24, 2.45) is 5.73 Å². The first-order valence-electron chi connectivity index (χ1n) is 6.13. The zero-order valence-electron chi connectivity index (χ0n) is 11.0. The molecule has 1 rings (SSSR count). The van der Waals surface area contributed by atoms with Crippen molar-refractivity contribution in [2.45, 2.75) is 33.2 Å². The number of hydrogen-bond donors (Lipinski definition) is 1. The van der Waals surface area contributed by atoms with E-state index in [1.165, 1.54) is 11.1 Å². The fraction of sp³-hybridized carbons (Fsp3) is 0.571. The summed E-state index contributed by atoms with van der Waals surface area (Å²) in [7, 11) is 0. The van der Waals surface area contributed by atoms with Gasteiger partial charge in [0.1, 0.15) is 5.75 Å². The Hall–Kier alpha value is -0.670. The van der Waals surface area contributed by atoms with E-state index in [-0.39, 0.29) is 0 Å². The molecule has 0 saturated carbocycles. The van der Waals surface area contributed by atoms with E-state index in [1.54, 1.807) is 0 Å². The van der Waals surface area contributed by atoms with Crippen LogP contribution in [0.25, 0.3) is 0 Å². The molecule has 0 aliphatic carbocycles. The van der Waals surface area contributed by atoms with Gasteiger partial charge in [0.05, 0.1) is 6.61 Å². The fourth-order valence-corrected chi connectivity index (χ4v) is 2.28. The first kappa shape index (κ1) is 14.4. The van der Waals surface area contributed by atoms with Gasteiger partial charge in [-0.15, -0.1) is 0 Å². The molecule has 0 saturated heterocycles. The third kappa shape index (κ3) is 5.99. The molecule has 17 heavy (non-hydrogen) atoms. The molecular formula is C14H23NOS. The van der Waals surface area contributed by atoms with Crippen molar-refractivity contribution in [1.29, 1.82) is 0 Å². The molecule has 0 aromatic heterocycles. The van der Waals surface area contributed by atoms with E-state index in [9.17, 15) is 0 Å². The van der Waals surface area contributed by atoms with E-state index in [0.29, 0.717) is 6.04 Å². The molecule has 3 heteroatoms. The van der Waals surface area contributed by atoms with Gasteiger partial charge in [0.25, 0.3) is 0 Å². The van der Waals surface area contributed by atoms with Gasteiger partial charge in [0.15, 0.2) is 0 Å². The number of thioether (sulfide) groups is 1. The first-order chi connectivity index (χ1) is 8.09. The van der Waals surface area contributed by atoms with Crippen LogP contribution in [-0.2, 0) is 0 Å². The van der Waals surface area contributed by atoms with E-state index in [1.807, 2.05) is 24.8 Å². The molecule has 0 radical (unpaired) electrons. The average molecular weight is 253 g/mol. The molecule has 0 heterocycles. The smallest absolute Gasteiger partial charge is 0.119 e. The van der Waals surface area contributed by atoms with Gasteiger partial charge in [-0.05, 0) is 56.2 Å². The Morgan fingerprint density at radius 1 is 1.29 bits per heavy atom. The van der Waals surface area contributed by atoms with Gasteiger partial charge in [0, 0.05) is 11.8 Å². The van der Waals surface area contributed by atoms with Crippen molar-refractivity contribution in [3.8, 4) is 5.75 Å². The van der Waals surface area contributed by atoms with E-state index in [2.05, 4.69) is 26.0 Å². The Bertz CT molecular complexity index is 339. The number of nitrogens with two attached hydrogens (primary N) is 1. The predicted octanol–water partition coefficient (Wildman–Crippen LogP) is 3.15. The fourth-order valence-electron chi connectivity index (χ4n) is 1.42. The van der Waals surface area contributed by atoms with Crippen molar-refractivity contribution < 1.29 is 4.74 Å². The van der Waals surface area contributed by atoms with Crippen LogP contribution in [0.4, 0.5) is 0 Å². The van der Waals surface area contributed by atoms with Crippen LogP contribution in [-0.4, -0.2) is 24.2 Å². The maximum Gasteiger partial charge on any atom is 0.119 e. The van der Waals surface area contributed by atoms with Gasteiger partial charge in [-0.3, -0.25) is 0 Å². The summed E-state index contributed by atoms with van der Waals surface area (Å²) in [5, 5.41) is 0. The standard InChI is InChI=1S/C14H23NOS/c1-11-5-6-14(9-12(11)2)16-7-4-8-17-10-13(3)15/h5-6,9,13H,4,7-8,10,15H2,1-3H3. The van der Waals surface area contributed by atoms with Crippen LogP contribution in [0.3, 0.4) is 0 Å². The number of aryl methyl sites for hydroxylation is 2.